The van der Waals surface area contributed by atoms with Crippen LogP contribution < -0.4 is 5.32 Å². The first-order valence-electron chi connectivity index (χ1n) is 7.97. The van der Waals surface area contributed by atoms with Crippen molar-refractivity contribution in [3.05, 3.63) is 0 Å². The van der Waals surface area contributed by atoms with Crippen LogP contribution in [0.3, 0.4) is 0 Å². The third-order valence-corrected chi connectivity index (χ3v) is 3.64. The molecule has 0 aliphatic rings. The number of carboxylic acid groups (broad SMARTS) is 1. The molecule has 0 aromatic rings. The van der Waals surface area contributed by atoms with Crippen molar-refractivity contribution in [2.75, 3.05) is 7.05 Å². The van der Waals surface area contributed by atoms with Gasteiger partial charge < -0.3 is 15.3 Å². The summed E-state index contributed by atoms with van der Waals surface area (Å²) in [5.74, 6) is -1.21. The molecule has 2 atom stereocenters. The Balaban J connectivity index is 4.98. The molecular weight excluding hydrogens is 284 g/mol. The smallest absolute Gasteiger partial charge is 0.326 e. The first-order chi connectivity index (χ1) is 10.2. The maximum absolute atomic E-state index is 12.5. The van der Waals surface area contributed by atoms with E-state index in [1.54, 1.807) is 0 Å². The van der Waals surface area contributed by atoms with Gasteiger partial charge in [-0.3, -0.25) is 9.59 Å². The van der Waals surface area contributed by atoms with E-state index in [0.29, 0.717) is 18.8 Å². The van der Waals surface area contributed by atoms with E-state index in [1.165, 1.54) is 18.9 Å². The SMILES string of the molecule is CCCC[C@@H](C(=O)O)N(C)C(=O)[C@H](CCC(C)C)NC(C)=O. The predicted molar refractivity (Wildman–Crippen MR) is 85.4 cm³/mol. The molecule has 2 N–H and O–H groups in total. The molecule has 0 saturated carbocycles. The van der Waals surface area contributed by atoms with E-state index in [9.17, 15) is 19.5 Å². The summed E-state index contributed by atoms with van der Waals surface area (Å²) in [4.78, 5) is 36.5. The average molecular weight is 314 g/mol. The number of amides is 2. The van der Waals surface area contributed by atoms with Crippen LogP contribution in [0.15, 0.2) is 0 Å². The van der Waals surface area contributed by atoms with Gasteiger partial charge in [0.05, 0.1) is 0 Å². The monoisotopic (exact) mass is 314 g/mol. The van der Waals surface area contributed by atoms with Gasteiger partial charge in [-0.05, 0) is 25.2 Å². The van der Waals surface area contributed by atoms with Crippen molar-refractivity contribution in [3.8, 4) is 0 Å². The van der Waals surface area contributed by atoms with Crippen LogP contribution in [0.25, 0.3) is 0 Å². The molecule has 0 rings (SSSR count). The quantitative estimate of drug-likeness (QED) is 0.646. The molecule has 128 valence electrons. The fourth-order valence-electron chi connectivity index (χ4n) is 2.28. The molecule has 0 unspecified atom stereocenters. The second-order valence-electron chi connectivity index (χ2n) is 6.17. The summed E-state index contributed by atoms with van der Waals surface area (Å²) in [7, 11) is 1.50. The molecule has 0 aromatic carbocycles. The van der Waals surface area contributed by atoms with Gasteiger partial charge >= 0.3 is 5.97 Å². The second-order valence-corrected chi connectivity index (χ2v) is 6.17. The number of unbranched alkanes of at least 4 members (excludes halogenated alkanes) is 1. The van der Waals surface area contributed by atoms with E-state index in [1.807, 2.05) is 20.8 Å². The molecule has 0 bridgehead atoms. The molecule has 0 saturated heterocycles. The number of nitrogens with zero attached hydrogens (tertiary/aromatic N) is 1. The van der Waals surface area contributed by atoms with E-state index >= 15 is 0 Å². The van der Waals surface area contributed by atoms with E-state index in [4.69, 9.17) is 0 Å². The molecule has 0 radical (unpaired) electrons. The zero-order valence-electron chi connectivity index (χ0n) is 14.4. The van der Waals surface area contributed by atoms with Gasteiger partial charge in [-0.25, -0.2) is 4.79 Å². The molecule has 6 nitrogen and oxygen atoms in total. The molecule has 0 aromatic heterocycles. The fraction of sp³-hybridized carbons (Fsp3) is 0.812. The van der Waals surface area contributed by atoms with Crippen LogP contribution >= 0.6 is 0 Å². The summed E-state index contributed by atoms with van der Waals surface area (Å²) >= 11 is 0. The highest BCUT2D eigenvalue weighted by Gasteiger charge is 2.31. The number of likely N-dealkylation sites (N-methyl/N-ethyl adjacent to an activating group) is 1. The van der Waals surface area contributed by atoms with Crippen LogP contribution in [0.4, 0.5) is 0 Å². The number of carbonyl (C=O) groups excluding carboxylic acids is 2. The van der Waals surface area contributed by atoms with Crippen LogP contribution in [0, 0.1) is 5.92 Å². The molecule has 0 spiro atoms. The average Bonchev–Trinajstić information content (AvgIpc) is 2.41. The molecule has 0 aliphatic heterocycles. The summed E-state index contributed by atoms with van der Waals surface area (Å²) < 4.78 is 0. The second kappa shape index (κ2) is 10.2. The summed E-state index contributed by atoms with van der Waals surface area (Å²) in [6, 6.07) is -1.50. The highest BCUT2D eigenvalue weighted by molar-refractivity contribution is 5.89. The Morgan fingerprint density at radius 3 is 2.14 bits per heavy atom. The minimum atomic E-state index is -1.00. The van der Waals surface area contributed by atoms with E-state index in [0.717, 1.165) is 19.3 Å². The number of hydrogen-bond acceptors (Lipinski definition) is 3. The first-order valence-corrected chi connectivity index (χ1v) is 7.97. The van der Waals surface area contributed by atoms with E-state index in [-0.39, 0.29) is 11.8 Å². The lowest BCUT2D eigenvalue weighted by atomic mass is 10.0. The maximum Gasteiger partial charge on any atom is 0.326 e. The first kappa shape index (κ1) is 20.4. The van der Waals surface area contributed by atoms with Crippen molar-refractivity contribution in [3.63, 3.8) is 0 Å². The molecule has 0 aliphatic carbocycles. The summed E-state index contributed by atoms with van der Waals surface area (Å²) in [6.07, 6.45) is 3.34. The largest absolute Gasteiger partial charge is 0.480 e. The minimum absolute atomic E-state index is 0.282. The lowest BCUT2D eigenvalue weighted by Crippen LogP contribution is -2.52. The Kier molecular flexibility index (Phi) is 9.45. The molecule has 22 heavy (non-hydrogen) atoms. The zero-order valence-corrected chi connectivity index (χ0v) is 14.4. The Labute approximate surface area is 133 Å². The van der Waals surface area contributed by atoms with Gasteiger partial charge in [-0.2, -0.15) is 0 Å². The molecular formula is C16H30N2O4. The van der Waals surface area contributed by atoms with Gasteiger partial charge in [0, 0.05) is 14.0 Å². The lowest BCUT2D eigenvalue weighted by molar-refractivity contribution is -0.150. The van der Waals surface area contributed by atoms with Crippen LogP contribution in [0.1, 0.15) is 59.8 Å². The summed E-state index contributed by atoms with van der Waals surface area (Å²) in [6.45, 7) is 7.42. The summed E-state index contributed by atoms with van der Waals surface area (Å²) in [5.41, 5.74) is 0. The van der Waals surface area contributed by atoms with Gasteiger partial charge in [0.15, 0.2) is 0 Å². The van der Waals surface area contributed by atoms with Crippen molar-refractivity contribution in [2.24, 2.45) is 5.92 Å². The zero-order chi connectivity index (χ0) is 17.3. The van der Waals surface area contributed by atoms with Gasteiger partial charge in [0.25, 0.3) is 0 Å². The minimum Gasteiger partial charge on any atom is -0.480 e. The number of nitrogens with one attached hydrogen (secondary N) is 1. The highest BCUT2D eigenvalue weighted by Crippen LogP contribution is 2.13. The van der Waals surface area contributed by atoms with Crippen LogP contribution in [0.2, 0.25) is 0 Å². The van der Waals surface area contributed by atoms with Crippen LogP contribution in [-0.2, 0) is 14.4 Å². The Hall–Kier alpha value is -1.59. The highest BCUT2D eigenvalue weighted by atomic mass is 16.4. The fourth-order valence-corrected chi connectivity index (χ4v) is 2.28. The van der Waals surface area contributed by atoms with Crippen molar-refractivity contribution in [2.45, 2.75) is 71.9 Å². The number of carboxylic acids is 1. The predicted octanol–water partition coefficient (Wildman–Crippen LogP) is 2.03. The topological polar surface area (TPSA) is 86.7 Å². The third-order valence-electron chi connectivity index (χ3n) is 3.64. The summed E-state index contributed by atoms with van der Waals surface area (Å²) in [5, 5.41) is 12.0. The number of aliphatic carboxylic acids is 1. The van der Waals surface area contributed by atoms with Crippen molar-refractivity contribution in [1.29, 1.82) is 0 Å². The number of carbonyl (C=O) groups is 3. The van der Waals surface area contributed by atoms with E-state index < -0.39 is 18.1 Å². The third kappa shape index (κ3) is 7.43. The van der Waals surface area contributed by atoms with Gasteiger partial charge in [0.1, 0.15) is 12.1 Å². The van der Waals surface area contributed by atoms with Crippen molar-refractivity contribution < 1.29 is 19.5 Å². The van der Waals surface area contributed by atoms with Crippen molar-refractivity contribution in [1.82, 2.24) is 10.2 Å². The molecule has 2 amide bonds. The van der Waals surface area contributed by atoms with Crippen molar-refractivity contribution >= 4 is 17.8 Å². The maximum atomic E-state index is 12.5. The molecule has 0 heterocycles. The van der Waals surface area contributed by atoms with Crippen LogP contribution in [0.5, 0.6) is 0 Å². The number of hydrogen-bond donors (Lipinski definition) is 2. The van der Waals surface area contributed by atoms with Gasteiger partial charge in [-0.15, -0.1) is 0 Å². The standard InChI is InChI=1S/C16H30N2O4/c1-6-7-8-14(16(21)22)18(5)15(20)13(17-12(4)19)10-9-11(2)3/h11,13-14H,6-10H2,1-5H3,(H,17,19)(H,21,22)/t13-,14-/m0/s1. The Morgan fingerprint density at radius 1 is 1.14 bits per heavy atom. The number of rotatable bonds is 10. The van der Waals surface area contributed by atoms with Gasteiger partial charge in [-0.1, -0.05) is 33.6 Å². The molecule has 6 heteroatoms. The molecule has 0 fully saturated rings. The van der Waals surface area contributed by atoms with E-state index in [2.05, 4.69) is 5.32 Å². The van der Waals surface area contributed by atoms with Gasteiger partial charge in [0.2, 0.25) is 11.8 Å². The van der Waals surface area contributed by atoms with Crippen LogP contribution in [-0.4, -0.2) is 46.9 Å². The normalized spacial score (nSPS) is 13.5. The Morgan fingerprint density at radius 2 is 1.73 bits per heavy atom. The lowest BCUT2D eigenvalue weighted by Gasteiger charge is -2.29. The Bertz CT molecular complexity index is 382.